The number of hydrogen-bond acceptors (Lipinski definition) is 4. The minimum absolute atomic E-state index is 0.242. The zero-order valence-corrected chi connectivity index (χ0v) is 27.5. The van der Waals surface area contributed by atoms with Crippen LogP contribution in [0.4, 0.5) is 0 Å². The predicted octanol–water partition coefficient (Wildman–Crippen LogP) is 8.87. The number of aromatic amines is 2. The molecule has 0 saturated carbocycles. The number of fused-ring (bicyclic) bond motifs is 2. The molecule has 43 heavy (non-hydrogen) atoms. The summed E-state index contributed by atoms with van der Waals surface area (Å²) in [6.07, 6.45) is 18.6. The topological polar surface area (TPSA) is 90.1 Å². The number of aryl methyl sites for hydroxylation is 1. The number of rotatable bonds is 12. The number of carbonyl (C=O) groups excluding carboxylic acids is 1. The van der Waals surface area contributed by atoms with Gasteiger partial charge in [-0.05, 0) is 87.0 Å². The van der Waals surface area contributed by atoms with Crippen LogP contribution in [-0.4, -0.2) is 46.7 Å². The first kappa shape index (κ1) is 37.4. The first-order valence-electron chi connectivity index (χ1n) is 15.8. The molecule has 1 aliphatic rings. The summed E-state index contributed by atoms with van der Waals surface area (Å²) in [4.78, 5) is 17.6. The molecule has 6 nitrogen and oxygen atoms in total. The van der Waals surface area contributed by atoms with Gasteiger partial charge in [0.05, 0.1) is 5.76 Å². The third-order valence-corrected chi connectivity index (χ3v) is 6.00. The number of ketones is 1. The quantitative estimate of drug-likeness (QED) is 0.0965. The zero-order valence-electron chi connectivity index (χ0n) is 27.5. The third kappa shape index (κ3) is 16.0. The van der Waals surface area contributed by atoms with Gasteiger partial charge in [-0.25, -0.2) is 0 Å². The van der Waals surface area contributed by atoms with Gasteiger partial charge in [-0.3, -0.25) is 0 Å². The minimum atomic E-state index is -0.484. The Balaban J connectivity index is 0.000000397. The predicted molar refractivity (Wildman–Crippen MR) is 186 cm³/mol. The van der Waals surface area contributed by atoms with E-state index in [1.807, 2.05) is 51.1 Å². The van der Waals surface area contributed by atoms with E-state index in [4.69, 9.17) is 4.74 Å². The van der Waals surface area contributed by atoms with Gasteiger partial charge in [-0.1, -0.05) is 83.5 Å². The van der Waals surface area contributed by atoms with Crippen molar-refractivity contribution < 1.29 is 14.6 Å². The molecule has 0 aliphatic heterocycles. The molecular formula is C37H55N3O3. The largest absolute Gasteiger partial charge is 0.495 e. The van der Waals surface area contributed by atoms with Crippen molar-refractivity contribution in [1.82, 2.24) is 15.3 Å². The summed E-state index contributed by atoms with van der Waals surface area (Å²) < 4.78 is 5.54. The van der Waals surface area contributed by atoms with E-state index in [1.54, 1.807) is 6.92 Å². The van der Waals surface area contributed by atoms with Gasteiger partial charge in [0.2, 0.25) is 0 Å². The van der Waals surface area contributed by atoms with Crippen LogP contribution < -0.4 is 5.32 Å². The molecule has 0 bridgehead atoms. The lowest BCUT2D eigenvalue weighted by atomic mass is 10.1. The van der Waals surface area contributed by atoms with E-state index in [1.165, 1.54) is 17.4 Å². The van der Waals surface area contributed by atoms with Gasteiger partial charge in [-0.15, -0.1) is 0 Å². The maximum absolute atomic E-state index is 10.9. The van der Waals surface area contributed by atoms with E-state index in [-0.39, 0.29) is 5.78 Å². The average Bonchev–Trinajstić information content (AvgIpc) is 3.53. The number of ether oxygens (including phenoxy) is 1. The highest BCUT2D eigenvalue weighted by molar-refractivity contribution is 5.82. The molecular weight excluding hydrogens is 534 g/mol. The van der Waals surface area contributed by atoms with Crippen molar-refractivity contribution in [3.05, 3.63) is 89.1 Å². The summed E-state index contributed by atoms with van der Waals surface area (Å²) in [7, 11) is 0. The van der Waals surface area contributed by atoms with Crippen molar-refractivity contribution in [1.29, 1.82) is 0 Å². The lowest BCUT2D eigenvalue weighted by Gasteiger charge is -2.12. The van der Waals surface area contributed by atoms with Crippen LogP contribution in [-0.2, 0) is 16.0 Å². The van der Waals surface area contributed by atoms with E-state index in [9.17, 15) is 9.90 Å². The number of nitrogens with one attached hydrogen (secondary N) is 3. The Morgan fingerprint density at radius 2 is 1.79 bits per heavy atom. The Kier molecular flexibility index (Phi) is 19.9. The fourth-order valence-corrected chi connectivity index (χ4v) is 3.98. The van der Waals surface area contributed by atoms with Gasteiger partial charge in [0.15, 0.2) is 0 Å². The number of aliphatic hydroxyl groups excluding tert-OH is 1. The molecule has 0 fully saturated rings. The second kappa shape index (κ2) is 22.9. The molecule has 1 aliphatic carbocycles. The van der Waals surface area contributed by atoms with Crippen molar-refractivity contribution in [3.8, 4) is 0 Å². The van der Waals surface area contributed by atoms with Gasteiger partial charge in [-0.2, -0.15) is 0 Å². The van der Waals surface area contributed by atoms with Gasteiger partial charge in [0, 0.05) is 35.6 Å². The molecule has 6 heteroatoms. The molecule has 1 unspecified atom stereocenters. The minimum Gasteiger partial charge on any atom is -0.495 e. The number of aromatic nitrogens is 2. The van der Waals surface area contributed by atoms with Crippen LogP contribution in [0.1, 0.15) is 96.8 Å². The van der Waals surface area contributed by atoms with Gasteiger partial charge >= 0.3 is 0 Å². The molecule has 1 aromatic carbocycles. The first-order chi connectivity index (χ1) is 20.9. The SMILES string of the molecule is CC.CC(=O)CCc1cc2c([nH]1)C=CCC=C2.CCC.CCCNCC(O)CO/C(C)=C/C=C\c1cc2ccccc2[nH]1. The normalized spacial score (nSPS) is 12.7. The van der Waals surface area contributed by atoms with Crippen molar-refractivity contribution in [2.45, 2.75) is 86.7 Å². The number of aliphatic hydroxyl groups is 1. The van der Waals surface area contributed by atoms with E-state index < -0.39 is 6.10 Å². The lowest BCUT2D eigenvalue weighted by molar-refractivity contribution is -0.117. The second-order valence-corrected chi connectivity index (χ2v) is 10.2. The average molecular weight is 590 g/mol. The van der Waals surface area contributed by atoms with Crippen LogP contribution in [0.2, 0.25) is 0 Å². The van der Waals surface area contributed by atoms with E-state index in [0.29, 0.717) is 19.6 Å². The highest BCUT2D eigenvalue weighted by atomic mass is 16.5. The van der Waals surface area contributed by atoms with Crippen molar-refractivity contribution >= 4 is 34.9 Å². The van der Waals surface area contributed by atoms with Gasteiger partial charge in [0.1, 0.15) is 18.5 Å². The summed E-state index contributed by atoms with van der Waals surface area (Å²) in [5.74, 6) is 1.03. The summed E-state index contributed by atoms with van der Waals surface area (Å²) in [6, 6.07) is 12.4. The summed E-state index contributed by atoms with van der Waals surface area (Å²) >= 11 is 0. The van der Waals surface area contributed by atoms with Crippen molar-refractivity contribution in [2.75, 3.05) is 19.7 Å². The Bertz CT molecular complexity index is 1230. The molecule has 0 amide bonds. The second-order valence-electron chi connectivity index (χ2n) is 10.2. The molecule has 4 rings (SSSR count). The number of carbonyl (C=O) groups is 1. The van der Waals surface area contributed by atoms with E-state index in [0.717, 1.165) is 54.2 Å². The molecule has 2 aromatic heterocycles. The Morgan fingerprint density at radius 1 is 1.07 bits per heavy atom. The van der Waals surface area contributed by atoms with E-state index >= 15 is 0 Å². The van der Waals surface area contributed by atoms with Crippen LogP contribution >= 0.6 is 0 Å². The number of benzene rings is 1. The Morgan fingerprint density at radius 3 is 2.49 bits per heavy atom. The van der Waals surface area contributed by atoms with Crippen molar-refractivity contribution in [3.63, 3.8) is 0 Å². The van der Waals surface area contributed by atoms with Gasteiger partial charge in [0.25, 0.3) is 0 Å². The van der Waals surface area contributed by atoms with Crippen LogP contribution in [0.5, 0.6) is 0 Å². The van der Waals surface area contributed by atoms with Crippen molar-refractivity contribution in [2.24, 2.45) is 0 Å². The molecule has 2 heterocycles. The highest BCUT2D eigenvalue weighted by Crippen LogP contribution is 2.19. The molecule has 236 valence electrons. The number of allylic oxidation sites excluding steroid dienone is 5. The fourth-order valence-electron chi connectivity index (χ4n) is 3.98. The molecule has 3 aromatic rings. The summed E-state index contributed by atoms with van der Waals surface area (Å²) in [6.45, 7) is 15.7. The smallest absolute Gasteiger partial charge is 0.130 e. The zero-order chi connectivity index (χ0) is 31.9. The summed E-state index contributed by atoms with van der Waals surface area (Å²) in [5.41, 5.74) is 5.71. The molecule has 0 radical (unpaired) electrons. The number of Topliss-reactive ketones (excluding diaryl/α,β-unsaturated/α-hetero) is 1. The Hall–Kier alpha value is -3.61. The molecule has 1 atom stereocenters. The number of H-pyrrole nitrogens is 2. The van der Waals surface area contributed by atoms with Crippen LogP contribution in [0.25, 0.3) is 29.1 Å². The number of hydrogen-bond donors (Lipinski definition) is 4. The molecule has 0 saturated heterocycles. The maximum atomic E-state index is 10.9. The summed E-state index contributed by atoms with van der Waals surface area (Å²) in [5, 5.41) is 14.1. The standard InChI is InChI=1S/C19H26N2O2.C13H15NO.C3H8.C2H6/c1-3-11-20-13-18(22)14-23-15(2)7-6-9-17-12-16-8-4-5-10-19(16)21-17;1-10(15)7-8-12-9-11-5-3-2-4-6-13(11)14-12;1-3-2;1-2/h4-10,12,18,20-22H,3,11,13-14H2,1-2H3;3-6,9,14H,2,7-8H2,1H3;3H2,1-2H3;1-2H3/b9-6-,15-7+;;;. The highest BCUT2D eigenvalue weighted by Gasteiger charge is 2.06. The molecule has 4 N–H and O–H groups in total. The van der Waals surface area contributed by atoms with Crippen LogP contribution in [0.3, 0.4) is 0 Å². The number of para-hydroxylation sites is 1. The maximum Gasteiger partial charge on any atom is 0.130 e. The third-order valence-electron chi connectivity index (χ3n) is 6.00. The van der Waals surface area contributed by atoms with Crippen LogP contribution in [0, 0.1) is 0 Å². The van der Waals surface area contributed by atoms with Gasteiger partial charge < -0.3 is 29.9 Å². The fraction of sp³-hybridized carbons (Fsp3) is 0.432. The lowest BCUT2D eigenvalue weighted by Crippen LogP contribution is -2.30. The first-order valence-corrected chi connectivity index (χ1v) is 15.8. The monoisotopic (exact) mass is 589 g/mol. The Labute approximate surface area is 260 Å². The van der Waals surface area contributed by atoms with E-state index in [2.05, 4.69) is 84.6 Å². The van der Waals surface area contributed by atoms with Crippen LogP contribution in [0.15, 0.2) is 66.5 Å². The molecule has 0 spiro atoms.